The number of rotatable bonds is 6. The van der Waals surface area contributed by atoms with Gasteiger partial charge in [-0.2, -0.15) is 5.26 Å². The van der Waals surface area contributed by atoms with Gasteiger partial charge in [-0.3, -0.25) is 0 Å². The zero-order valence-corrected chi connectivity index (χ0v) is 9.68. The highest BCUT2D eigenvalue weighted by atomic mass is 16.4. The fourth-order valence-electron chi connectivity index (χ4n) is 1.42. The number of anilines is 1. The predicted molar refractivity (Wildman–Crippen MR) is 63.5 cm³/mol. The van der Waals surface area contributed by atoms with E-state index >= 15 is 0 Å². The monoisotopic (exact) mass is 233 g/mol. The number of nitriles is 1. The molecule has 1 aromatic heterocycles. The normalized spacial score (nSPS) is 11.5. The van der Waals surface area contributed by atoms with Gasteiger partial charge in [-0.15, -0.1) is 0 Å². The van der Waals surface area contributed by atoms with Crippen LogP contribution in [0.15, 0.2) is 18.2 Å². The van der Waals surface area contributed by atoms with Gasteiger partial charge in [0.15, 0.2) is 0 Å². The summed E-state index contributed by atoms with van der Waals surface area (Å²) in [6, 6.07) is 6.16. The van der Waals surface area contributed by atoms with Gasteiger partial charge in [0.1, 0.15) is 23.6 Å². The van der Waals surface area contributed by atoms with Crippen LogP contribution in [0.1, 0.15) is 31.9 Å². The van der Waals surface area contributed by atoms with Crippen molar-refractivity contribution in [3.8, 4) is 6.07 Å². The molecule has 5 nitrogen and oxygen atoms in total. The van der Waals surface area contributed by atoms with E-state index in [4.69, 9.17) is 10.4 Å². The second-order valence-corrected chi connectivity index (χ2v) is 3.70. The predicted octanol–water partition coefficient (Wildman–Crippen LogP) is 2.01. The molecule has 1 atom stereocenters. The maximum Gasteiger partial charge on any atom is 0.326 e. The number of aliphatic carboxylic acids is 1. The van der Waals surface area contributed by atoms with Crippen molar-refractivity contribution < 1.29 is 9.90 Å². The molecule has 1 rings (SSSR count). The first-order valence-corrected chi connectivity index (χ1v) is 5.54. The molecule has 0 bridgehead atoms. The highest BCUT2D eigenvalue weighted by Crippen LogP contribution is 2.10. The quantitative estimate of drug-likeness (QED) is 0.784. The average Bonchev–Trinajstić information content (AvgIpc) is 2.34. The topological polar surface area (TPSA) is 86.0 Å². The lowest BCUT2D eigenvalue weighted by Crippen LogP contribution is -2.29. The van der Waals surface area contributed by atoms with Crippen LogP contribution in [0, 0.1) is 11.3 Å². The van der Waals surface area contributed by atoms with Crippen molar-refractivity contribution >= 4 is 11.8 Å². The third-order valence-corrected chi connectivity index (χ3v) is 2.33. The first kappa shape index (κ1) is 13.0. The van der Waals surface area contributed by atoms with E-state index in [1.54, 1.807) is 18.2 Å². The first-order chi connectivity index (χ1) is 8.17. The molecule has 0 amide bonds. The van der Waals surface area contributed by atoms with Gasteiger partial charge in [0, 0.05) is 0 Å². The Labute approximate surface area is 100 Å². The van der Waals surface area contributed by atoms with Crippen molar-refractivity contribution in [3.63, 3.8) is 0 Å². The molecule has 0 spiro atoms. The number of aromatic nitrogens is 1. The fourth-order valence-corrected chi connectivity index (χ4v) is 1.42. The zero-order chi connectivity index (χ0) is 12.7. The van der Waals surface area contributed by atoms with Crippen molar-refractivity contribution in [1.82, 2.24) is 4.98 Å². The molecule has 17 heavy (non-hydrogen) atoms. The summed E-state index contributed by atoms with van der Waals surface area (Å²) in [5.41, 5.74) is 0.273. The van der Waals surface area contributed by atoms with Crippen LogP contribution in [0.3, 0.4) is 0 Å². The Bertz CT molecular complexity index is 426. The van der Waals surface area contributed by atoms with E-state index in [0.29, 0.717) is 12.2 Å². The van der Waals surface area contributed by atoms with E-state index in [-0.39, 0.29) is 5.69 Å². The van der Waals surface area contributed by atoms with Crippen LogP contribution in [-0.4, -0.2) is 22.1 Å². The molecule has 0 saturated carbocycles. The average molecular weight is 233 g/mol. The van der Waals surface area contributed by atoms with Crippen LogP contribution in [0.4, 0.5) is 5.82 Å². The molecule has 0 aliphatic heterocycles. The number of nitrogens with one attached hydrogen (secondary N) is 1. The number of carboxylic acid groups (broad SMARTS) is 1. The molecule has 2 N–H and O–H groups in total. The number of hydrogen-bond donors (Lipinski definition) is 2. The number of unbranched alkanes of at least 4 members (excludes halogenated alkanes) is 1. The Morgan fingerprint density at radius 2 is 2.41 bits per heavy atom. The van der Waals surface area contributed by atoms with Crippen molar-refractivity contribution in [2.24, 2.45) is 0 Å². The summed E-state index contributed by atoms with van der Waals surface area (Å²) >= 11 is 0. The molecule has 1 aromatic rings. The third-order valence-electron chi connectivity index (χ3n) is 2.33. The summed E-state index contributed by atoms with van der Waals surface area (Å²) in [4.78, 5) is 15.0. The minimum atomic E-state index is -0.900. The van der Waals surface area contributed by atoms with Crippen LogP contribution in [0.2, 0.25) is 0 Å². The maximum atomic E-state index is 11.0. The third kappa shape index (κ3) is 4.11. The lowest BCUT2D eigenvalue weighted by atomic mass is 10.1. The number of carboxylic acids is 1. The molecular weight excluding hydrogens is 218 g/mol. The van der Waals surface area contributed by atoms with Crippen molar-refractivity contribution in [3.05, 3.63) is 23.9 Å². The number of nitrogens with zero attached hydrogens (tertiary/aromatic N) is 2. The van der Waals surface area contributed by atoms with E-state index in [2.05, 4.69) is 10.3 Å². The van der Waals surface area contributed by atoms with Crippen molar-refractivity contribution in [2.75, 3.05) is 5.32 Å². The van der Waals surface area contributed by atoms with Crippen LogP contribution >= 0.6 is 0 Å². The van der Waals surface area contributed by atoms with Gasteiger partial charge in [-0.1, -0.05) is 25.8 Å². The van der Waals surface area contributed by atoms with Crippen molar-refractivity contribution in [1.29, 1.82) is 5.26 Å². The van der Waals surface area contributed by atoms with Gasteiger partial charge in [0.25, 0.3) is 0 Å². The highest BCUT2D eigenvalue weighted by Gasteiger charge is 2.16. The summed E-state index contributed by atoms with van der Waals surface area (Å²) < 4.78 is 0. The molecule has 0 aromatic carbocycles. The molecular formula is C12H15N3O2. The molecule has 1 heterocycles. The van der Waals surface area contributed by atoms with E-state index in [0.717, 1.165) is 12.8 Å². The smallest absolute Gasteiger partial charge is 0.326 e. The lowest BCUT2D eigenvalue weighted by molar-refractivity contribution is -0.138. The van der Waals surface area contributed by atoms with Gasteiger partial charge in [-0.25, -0.2) is 9.78 Å². The summed E-state index contributed by atoms with van der Waals surface area (Å²) in [6.07, 6.45) is 2.32. The highest BCUT2D eigenvalue weighted by molar-refractivity contribution is 5.76. The van der Waals surface area contributed by atoms with Crippen LogP contribution < -0.4 is 5.32 Å². The number of carbonyl (C=O) groups is 1. The minimum absolute atomic E-state index is 0.273. The summed E-state index contributed by atoms with van der Waals surface area (Å²) in [6.45, 7) is 2.01. The number of hydrogen-bond acceptors (Lipinski definition) is 4. The SMILES string of the molecule is CCCC[C@H](Nc1cccc(C#N)n1)C(=O)O. The molecule has 90 valence electrons. The van der Waals surface area contributed by atoms with E-state index in [1.165, 1.54) is 0 Å². The molecule has 0 aliphatic rings. The first-order valence-electron chi connectivity index (χ1n) is 5.54. The second kappa shape index (κ2) is 6.48. The Morgan fingerprint density at radius 3 is 3.00 bits per heavy atom. The van der Waals surface area contributed by atoms with Gasteiger partial charge in [0.2, 0.25) is 0 Å². The Hall–Kier alpha value is -2.09. The van der Waals surface area contributed by atoms with Crippen molar-refractivity contribution in [2.45, 2.75) is 32.2 Å². The molecule has 5 heteroatoms. The Kier molecular flexibility index (Phi) is 4.95. The summed E-state index contributed by atoms with van der Waals surface area (Å²) in [5.74, 6) is -0.477. The molecule has 0 saturated heterocycles. The summed E-state index contributed by atoms with van der Waals surface area (Å²) in [5, 5.41) is 20.5. The van der Waals surface area contributed by atoms with Crippen LogP contribution in [0.25, 0.3) is 0 Å². The maximum absolute atomic E-state index is 11.0. The fraction of sp³-hybridized carbons (Fsp3) is 0.417. The van der Waals surface area contributed by atoms with Gasteiger partial charge < -0.3 is 10.4 Å². The van der Waals surface area contributed by atoms with Gasteiger partial charge in [-0.05, 0) is 18.6 Å². The molecule has 0 radical (unpaired) electrons. The largest absolute Gasteiger partial charge is 0.480 e. The van der Waals surface area contributed by atoms with Gasteiger partial charge >= 0.3 is 5.97 Å². The number of pyridine rings is 1. The Morgan fingerprint density at radius 1 is 1.65 bits per heavy atom. The van der Waals surface area contributed by atoms with Crippen LogP contribution in [0.5, 0.6) is 0 Å². The van der Waals surface area contributed by atoms with Crippen LogP contribution in [-0.2, 0) is 4.79 Å². The molecule has 0 aliphatic carbocycles. The Balaban J connectivity index is 2.72. The summed E-state index contributed by atoms with van der Waals surface area (Å²) in [7, 11) is 0. The minimum Gasteiger partial charge on any atom is -0.480 e. The molecule has 0 fully saturated rings. The second-order valence-electron chi connectivity index (χ2n) is 3.70. The lowest BCUT2D eigenvalue weighted by Gasteiger charge is -2.14. The zero-order valence-electron chi connectivity index (χ0n) is 9.68. The van der Waals surface area contributed by atoms with E-state index in [9.17, 15) is 4.79 Å². The van der Waals surface area contributed by atoms with Gasteiger partial charge in [0.05, 0.1) is 0 Å². The van der Waals surface area contributed by atoms with E-state index < -0.39 is 12.0 Å². The standard InChI is InChI=1S/C12H15N3O2/c1-2-3-6-10(12(16)17)15-11-7-4-5-9(8-13)14-11/h4-5,7,10H,2-3,6H2,1H3,(H,14,15)(H,16,17)/t10-/m0/s1. The van der Waals surface area contributed by atoms with E-state index in [1.807, 2.05) is 13.0 Å². The molecule has 0 unspecified atom stereocenters.